The summed E-state index contributed by atoms with van der Waals surface area (Å²) in [6.45, 7) is 0. The maximum Gasteiger partial charge on any atom is 0.280 e. The van der Waals surface area contributed by atoms with E-state index >= 15 is 0 Å². The molecule has 0 saturated heterocycles. The summed E-state index contributed by atoms with van der Waals surface area (Å²) in [7, 11) is 1.56. The largest absolute Gasteiger partial charge is 0.369 e. The third kappa shape index (κ3) is 2.59. The first-order valence-corrected chi connectivity index (χ1v) is 6.66. The molecule has 3 aromatic heterocycles. The van der Waals surface area contributed by atoms with Crippen molar-refractivity contribution in [1.82, 2.24) is 19.5 Å². The second-order valence-corrected chi connectivity index (χ2v) is 5.07. The van der Waals surface area contributed by atoms with E-state index in [0.717, 1.165) is 0 Å². The molecule has 0 aromatic carbocycles. The number of hydrogen-bond donors (Lipinski definition) is 2. The molecule has 0 fully saturated rings. The van der Waals surface area contributed by atoms with E-state index < -0.39 is 0 Å². The third-order valence-electron chi connectivity index (χ3n) is 2.19. The number of aromatic amines is 1. The van der Waals surface area contributed by atoms with Gasteiger partial charge in [-0.1, -0.05) is 0 Å². The van der Waals surface area contributed by atoms with Crippen LogP contribution in [0.25, 0.3) is 11.2 Å². The van der Waals surface area contributed by atoms with Gasteiger partial charge >= 0.3 is 0 Å². The Kier molecular flexibility index (Phi) is 3.78. The lowest BCUT2D eigenvalue weighted by Gasteiger charge is -1.99. The summed E-state index contributed by atoms with van der Waals surface area (Å²) in [6.07, 6.45) is 1.42. The highest BCUT2D eigenvalue weighted by atomic mass is 79.9. The van der Waals surface area contributed by atoms with Gasteiger partial charge in [-0.25, -0.2) is 4.98 Å². The molecular formula is C10H10BrN5OS. The van der Waals surface area contributed by atoms with E-state index in [9.17, 15) is 4.79 Å². The van der Waals surface area contributed by atoms with Gasteiger partial charge in [-0.15, -0.1) is 0 Å². The Hall–Kier alpha value is -1.67. The smallest absolute Gasteiger partial charge is 0.280 e. The second-order valence-electron chi connectivity index (χ2n) is 3.38. The lowest BCUT2D eigenvalue weighted by molar-refractivity contribution is 0.858. The highest BCUT2D eigenvalue weighted by Crippen LogP contribution is 2.11. The van der Waals surface area contributed by atoms with Gasteiger partial charge in [0, 0.05) is 16.9 Å². The van der Waals surface area contributed by atoms with E-state index in [2.05, 4.69) is 30.9 Å². The van der Waals surface area contributed by atoms with Crippen LogP contribution in [0, 0.1) is 0 Å². The van der Waals surface area contributed by atoms with Crippen LogP contribution < -0.4 is 11.3 Å². The molecule has 0 saturated carbocycles. The maximum absolute atomic E-state index is 11.4. The predicted molar refractivity (Wildman–Crippen MR) is 75.6 cm³/mol. The number of halogens is 1. The molecule has 3 rings (SSSR count). The quantitative estimate of drug-likeness (QED) is 0.658. The summed E-state index contributed by atoms with van der Waals surface area (Å²) >= 11 is 4.98. The van der Waals surface area contributed by atoms with Crippen LogP contribution in [0.1, 0.15) is 0 Å². The Morgan fingerprint density at radius 2 is 2.33 bits per heavy atom. The molecule has 0 aliphatic rings. The van der Waals surface area contributed by atoms with Crippen molar-refractivity contribution < 1.29 is 0 Å². The molecule has 3 aromatic rings. The van der Waals surface area contributed by atoms with Gasteiger partial charge in [0.15, 0.2) is 11.2 Å². The van der Waals surface area contributed by atoms with Crippen molar-refractivity contribution >= 4 is 44.4 Å². The number of rotatable bonds is 0. The Morgan fingerprint density at radius 3 is 2.89 bits per heavy atom. The van der Waals surface area contributed by atoms with Crippen molar-refractivity contribution in [3.05, 3.63) is 38.0 Å². The van der Waals surface area contributed by atoms with Gasteiger partial charge in [-0.2, -0.15) is 16.3 Å². The first kappa shape index (κ1) is 12.8. The van der Waals surface area contributed by atoms with Crippen LogP contribution in [-0.2, 0) is 7.05 Å². The van der Waals surface area contributed by atoms with Crippen molar-refractivity contribution in [1.29, 1.82) is 0 Å². The first-order valence-electron chi connectivity index (χ1n) is 4.93. The molecule has 18 heavy (non-hydrogen) atoms. The number of nitrogens with two attached hydrogens (primary N) is 1. The fourth-order valence-electron chi connectivity index (χ4n) is 1.23. The third-order valence-corrected chi connectivity index (χ3v) is 3.67. The average molecular weight is 328 g/mol. The van der Waals surface area contributed by atoms with E-state index in [1.807, 2.05) is 16.8 Å². The monoisotopic (exact) mass is 327 g/mol. The van der Waals surface area contributed by atoms with Crippen molar-refractivity contribution in [2.24, 2.45) is 7.05 Å². The molecule has 0 aliphatic heterocycles. The number of nitrogens with one attached hydrogen (secondary N) is 1. The number of nitrogen functional groups attached to an aromatic ring is 1. The Bertz CT molecular complexity index is 703. The molecular weight excluding hydrogens is 318 g/mol. The molecule has 6 nitrogen and oxygen atoms in total. The van der Waals surface area contributed by atoms with Crippen molar-refractivity contribution in [3.8, 4) is 0 Å². The molecule has 0 bridgehead atoms. The summed E-state index contributed by atoms with van der Waals surface area (Å²) in [5.74, 6) is 0.166. The minimum Gasteiger partial charge on any atom is -0.369 e. The molecule has 94 valence electrons. The molecule has 8 heteroatoms. The molecule has 3 heterocycles. The number of fused-ring (bicyclic) bond motifs is 1. The van der Waals surface area contributed by atoms with Crippen LogP contribution in [0.2, 0.25) is 0 Å². The molecule has 3 N–H and O–H groups in total. The molecule has 0 amide bonds. The zero-order valence-corrected chi connectivity index (χ0v) is 11.8. The fraction of sp³-hybridized carbons (Fsp3) is 0.100. The number of H-pyrrole nitrogens is 1. The Morgan fingerprint density at radius 1 is 1.56 bits per heavy atom. The van der Waals surface area contributed by atoms with Gasteiger partial charge in [-0.3, -0.25) is 9.36 Å². The number of hydrogen-bond acceptors (Lipinski definition) is 5. The summed E-state index contributed by atoms with van der Waals surface area (Å²) in [6, 6.07) is 2.02. The van der Waals surface area contributed by atoms with E-state index in [-0.39, 0.29) is 11.5 Å². The van der Waals surface area contributed by atoms with Gasteiger partial charge < -0.3 is 10.7 Å². The van der Waals surface area contributed by atoms with Crippen molar-refractivity contribution in [2.75, 3.05) is 5.73 Å². The number of nitrogens with zero attached hydrogens (tertiary/aromatic N) is 3. The van der Waals surface area contributed by atoms with Gasteiger partial charge in [0.2, 0.25) is 5.95 Å². The van der Waals surface area contributed by atoms with Crippen molar-refractivity contribution in [2.45, 2.75) is 0 Å². The Labute approximate surface area is 115 Å². The van der Waals surface area contributed by atoms with E-state index in [1.165, 1.54) is 15.4 Å². The normalized spacial score (nSPS) is 10.1. The van der Waals surface area contributed by atoms with E-state index in [4.69, 9.17) is 5.73 Å². The number of imidazole rings is 1. The molecule has 0 spiro atoms. The molecule has 0 unspecified atom stereocenters. The zero-order valence-electron chi connectivity index (χ0n) is 9.42. The highest BCUT2D eigenvalue weighted by molar-refractivity contribution is 9.10. The van der Waals surface area contributed by atoms with Crippen LogP contribution in [0.15, 0.2) is 32.4 Å². The van der Waals surface area contributed by atoms with Gasteiger partial charge in [0.25, 0.3) is 5.56 Å². The average Bonchev–Trinajstić information content (AvgIpc) is 2.98. The van der Waals surface area contributed by atoms with Gasteiger partial charge in [-0.05, 0) is 27.4 Å². The molecule has 0 atom stereocenters. The summed E-state index contributed by atoms with van der Waals surface area (Å²) in [4.78, 5) is 21.8. The SMILES string of the molecule is Brc1ccsc1.Cn1c(N)nc2nc[nH]c2c1=O. The van der Waals surface area contributed by atoms with Gasteiger partial charge in [0.05, 0.1) is 6.33 Å². The minimum absolute atomic E-state index is 0.166. The molecule has 0 radical (unpaired) electrons. The minimum atomic E-state index is -0.213. The van der Waals surface area contributed by atoms with E-state index in [1.54, 1.807) is 18.4 Å². The highest BCUT2D eigenvalue weighted by Gasteiger charge is 2.06. The topological polar surface area (TPSA) is 89.6 Å². The fourth-order valence-corrected chi connectivity index (χ4v) is 2.38. The zero-order chi connectivity index (χ0) is 13.1. The summed E-state index contributed by atoms with van der Waals surface area (Å²) in [5, 5.41) is 4.07. The predicted octanol–water partition coefficient (Wildman–Crippen LogP) is 1.75. The van der Waals surface area contributed by atoms with Crippen LogP contribution >= 0.6 is 27.3 Å². The first-order chi connectivity index (χ1) is 8.59. The van der Waals surface area contributed by atoms with Crippen LogP contribution in [0.4, 0.5) is 5.95 Å². The van der Waals surface area contributed by atoms with Crippen LogP contribution in [0.3, 0.4) is 0 Å². The van der Waals surface area contributed by atoms with Crippen molar-refractivity contribution in [3.63, 3.8) is 0 Å². The van der Waals surface area contributed by atoms with Gasteiger partial charge in [0.1, 0.15) is 0 Å². The Balaban J connectivity index is 0.000000169. The summed E-state index contributed by atoms with van der Waals surface area (Å²) < 4.78 is 2.44. The number of aromatic nitrogens is 4. The lowest BCUT2D eigenvalue weighted by atomic mass is 10.5. The second kappa shape index (κ2) is 5.32. The maximum atomic E-state index is 11.4. The van der Waals surface area contributed by atoms with Crippen LogP contribution in [-0.4, -0.2) is 19.5 Å². The summed E-state index contributed by atoms with van der Waals surface area (Å²) in [5.41, 5.74) is 5.97. The van der Waals surface area contributed by atoms with E-state index in [0.29, 0.717) is 11.2 Å². The number of thiophene rings is 1. The molecule has 0 aliphatic carbocycles. The number of anilines is 1. The lowest BCUT2D eigenvalue weighted by Crippen LogP contribution is -2.21. The standard InChI is InChI=1S/C6H7N5O.C4H3BrS/c1-11-5(12)3-4(9-2-8-3)10-6(11)7;5-4-1-2-6-3-4/h2H,1H3,(H2,7,10)(H,8,9);1-3H. The van der Waals surface area contributed by atoms with Crippen LogP contribution in [0.5, 0.6) is 0 Å².